The van der Waals surface area contributed by atoms with Crippen molar-refractivity contribution in [2.75, 3.05) is 13.6 Å². The molecular weight excluding hydrogens is 215 g/mol. The van der Waals surface area contributed by atoms with Gasteiger partial charge in [0.05, 0.1) is 6.04 Å². The first-order chi connectivity index (χ1) is 8.09. The summed E-state index contributed by atoms with van der Waals surface area (Å²) in [5.74, 6) is -0.134. The van der Waals surface area contributed by atoms with Gasteiger partial charge >= 0.3 is 0 Å². The summed E-state index contributed by atoms with van der Waals surface area (Å²) in [6.07, 6.45) is 3.26. The van der Waals surface area contributed by atoms with Crippen molar-refractivity contribution < 1.29 is 4.39 Å². The Labute approximate surface area is 103 Å². The lowest BCUT2D eigenvalue weighted by Gasteiger charge is -2.31. The second-order valence-electron chi connectivity index (χ2n) is 5.11. The Hall–Kier alpha value is -0.930. The van der Waals surface area contributed by atoms with Crippen LogP contribution < -0.4 is 5.73 Å². The fourth-order valence-corrected chi connectivity index (χ4v) is 2.72. The molecule has 1 saturated heterocycles. The third-order valence-electron chi connectivity index (χ3n) is 3.65. The monoisotopic (exact) mass is 236 g/mol. The number of rotatable bonds is 1. The highest BCUT2D eigenvalue weighted by molar-refractivity contribution is 5.28. The molecule has 0 spiro atoms. The van der Waals surface area contributed by atoms with Crippen molar-refractivity contribution in [1.29, 1.82) is 0 Å². The zero-order chi connectivity index (χ0) is 12.4. The molecule has 2 atom stereocenters. The number of hydrogen-bond donors (Lipinski definition) is 1. The van der Waals surface area contributed by atoms with Gasteiger partial charge in [-0.25, -0.2) is 4.39 Å². The van der Waals surface area contributed by atoms with Crippen LogP contribution in [0.15, 0.2) is 18.2 Å². The lowest BCUT2D eigenvalue weighted by Crippen LogP contribution is -2.38. The van der Waals surface area contributed by atoms with E-state index >= 15 is 0 Å². The highest BCUT2D eigenvalue weighted by Crippen LogP contribution is 2.30. The second kappa shape index (κ2) is 5.15. The third-order valence-corrected chi connectivity index (χ3v) is 3.65. The van der Waals surface area contributed by atoms with E-state index in [0.717, 1.165) is 36.9 Å². The molecule has 1 aromatic rings. The maximum Gasteiger partial charge on any atom is 0.128 e. The van der Waals surface area contributed by atoms with Gasteiger partial charge in [-0.1, -0.05) is 24.1 Å². The van der Waals surface area contributed by atoms with E-state index in [1.54, 1.807) is 12.1 Å². The predicted octanol–water partition coefficient (Wildman–Crippen LogP) is 2.62. The molecule has 1 aromatic carbocycles. The minimum absolute atomic E-state index is 0.0115. The summed E-state index contributed by atoms with van der Waals surface area (Å²) in [5.41, 5.74) is 8.05. The molecule has 2 nitrogen and oxygen atoms in total. The van der Waals surface area contributed by atoms with Gasteiger partial charge in [-0.2, -0.15) is 0 Å². The topological polar surface area (TPSA) is 29.3 Å². The number of aryl methyl sites for hydroxylation is 1. The summed E-state index contributed by atoms with van der Waals surface area (Å²) < 4.78 is 14.0. The third kappa shape index (κ3) is 2.67. The number of nitrogens with zero attached hydrogens (tertiary/aromatic N) is 1. The maximum atomic E-state index is 14.0. The van der Waals surface area contributed by atoms with E-state index < -0.39 is 0 Å². The van der Waals surface area contributed by atoms with Crippen molar-refractivity contribution in [3.8, 4) is 0 Å². The van der Waals surface area contributed by atoms with Crippen molar-refractivity contribution in [3.63, 3.8) is 0 Å². The van der Waals surface area contributed by atoms with Crippen molar-refractivity contribution in [1.82, 2.24) is 4.90 Å². The first-order valence-corrected chi connectivity index (χ1v) is 6.31. The number of hydrogen-bond acceptors (Lipinski definition) is 2. The van der Waals surface area contributed by atoms with Crippen LogP contribution >= 0.6 is 0 Å². The van der Waals surface area contributed by atoms with E-state index in [9.17, 15) is 4.39 Å². The normalized spacial score (nSPS) is 26.8. The van der Waals surface area contributed by atoms with E-state index in [-0.39, 0.29) is 17.9 Å². The van der Waals surface area contributed by atoms with Crippen LogP contribution in [0, 0.1) is 12.7 Å². The van der Waals surface area contributed by atoms with Gasteiger partial charge in [-0.15, -0.1) is 0 Å². The molecule has 0 radical (unpaired) electrons. The molecule has 2 N–H and O–H groups in total. The molecule has 1 heterocycles. The summed E-state index contributed by atoms with van der Waals surface area (Å²) in [5, 5.41) is 0. The number of likely N-dealkylation sites (N-methyl/N-ethyl adjacent to an activating group) is 1. The Balaban J connectivity index is 2.37. The largest absolute Gasteiger partial charge is 0.326 e. The Kier molecular flexibility index (Phi) is 3.79. The SMILES string of the molecule is Cc1ccc(F)c(C2C(N)CCCCN2C)c1. The van der Waals surface area contributed by atoms with Gasteiger partial charge in [0.15, 0.2) is 0 Å². The first kappa shape index (κ1) is 12.5. The van der Waals surface area contributed by atoms with Gasteiger partial charge < -0.3 is 5.73 Å². The number of likely N-dealkylation sites (tertiary alicyclic amines) is 1. The highest BCUT2D eigenvalue weighted by atomic mass is 19.1. The molecule has 2 unspecified atom stereocenters. The van der Waals surface area contributed by atoms with Gasteiger partial charge in [0.1, 0.15) is 5.82 Å². The van der Waals surface area contributed by atoms with E-state index in [1.165, 1.54) is 0 Å². The fraction of sp³-hybridized carbons (Fsp3) is 0.571. The molecule has 0 amide bonds. The minimum Gasteiger partial charge on any atom is -0.326 e. The van der Waals surface area contributed by atoms with Crippen LogP contribution in [0.2, 0.25) is 0 Å². The predicted molar refractivity (Wildman–Crippen MR) is 68.3 cm³/mol. The molecule has 3 heteroatoms. The molecule has 17 heavy (non-hydrogen) atoms. The highest BCUT2D eigenvalue weighted by Gasteiger charge is 2.28. The Bertz CT molecular complexity index is 380. The summed E-state index contributed by atoms with van der Waals surface area (Å²) >= 11 is 0. The Morgan fingerprint density at radius 1 is 1.35 bits per heavy atom. The van der Waals surface area contributed by atoms with Crippen molar-refractivity contribution in [2.45, 2.75) is 38.3 Å². The molecular formula is C14H21FN2. The van der Waals surface area contributed by atoms with Gasteiger partial charge in [-0.3, -0.25) is 4.90 Å². The Morgan fingerprint density at radius 2 is 2.12 bits per heavy atom. The molecule has 0 bridgehead atoms. The number of halogens is 1. The van der Waals surface area contributed by atoms with Crippen LogP contribution in [0.25, 0.3) is 0 Å². The summed E-state index contributed by atoms with van der Waals surface area (Å²) in [4.78, 5) is 2.19. The summed E-state index contributed by atoms with van der Waals surface area (Å²) in [6, 6.07) is 5.33. The average molecular weight is 236 g/mol. The van der Waals surface area contributed by atoms with E-state index in [2.05, 4.69) is 4.90 Å². The summed E-state index contributed by atoms with van der Waals surface area (Å²) in [6.45, 7) is 2.98. The van der Waals surface area contributed by atoms with Gasteiger partial charge in [0.25, 0.3) is 0 Å². The average Bonchev–Trinajstić information content (AvgIpc) is 2.44. The molecule has 0 aliphatic carbocycles. The van der Waals surface area contributed by atoms with Crippen LogP contribution in [0.4, 0.5) is 4.39 Å². The molecule has 1 aliphatic rings. The van der Waals surface area contributed by atoms with E-state index in [1.807, 2.05) is 20.0 Å². The van der Waals surface area contributed by atoms with E-state index in [0.29, 0.717) is 0 Å². The molecule has 0 aromatic heterocycles. The van der Waals surface area contributed by atoms with Gasteiger partial charge in [0.2, 0.25) is 0 Å². The molecule has 2 rings (SSSR count). The number of benzene rings is 1. The van der Waals surface area contributed by atoms with Crippen LogP contribution in [0.5, 0.6) is 0 Å². The minimum atomic E-state index is -0.134. The fourth-order valence-electron chi connectivity index (χ4n) is 2.72. The quantitative estimate of drug-likeness (QED) is 0.812. The maximum absolute atomic E-state index is 14.0. The van der Waals surface area contributed by atoms with E-state index in [4.69, 9.17) is 5.73 Å². The van der Waals surface area contributed by atoms with Crippen LogP contribution in [-0.4, -0.2) is 24.5 Å². The molecule has 0 saturated carbocycles. The lowest BCUT2D eigenvalue weighted by atomic mass is 9.95. The lowest BCUT2D eigenvalue weighted by molar-refractivity contribution is 0.225. The van der Waals surface area contributed by atoms with Crippen molar-refractivity contribution >= 4 is 0 Å². The Morgan fingerprint density at radius 3 is 2.88 bits per heavy atom. The van der Waals surface area contributed by atoms with Crippen LogP contribution in [0.3, 0.4) is 0 Å². The summed E-state index contributed by atoms with van der Waals surface area (Å²) in [7, 11) is 2.04. The second-order valence-corrected chi connectivity index (χ2v) is 5.11. The van der Waals surface area contributed by atoms with Crippen molar-refractivity contribution in [3.05, 3.63) is 35.1 Å². The van der Waals surface area contributed by atoms with Crippen LogP contribution in [0.1, 0.15) is 36.4 Å². The van der Waals surface area contributed by atoms with Gasteiger partial charge in [0, 0.05) is 11.6 Å². The molecule has 1 fully saturated rings. The van der Waals surface area contributed by atoms with Crippen LogP contribution in [-0.2, 0) is 0 Å². The molecule has 94 valence electrons. The zero-order valence-corrected chi connectivity index (χ0v) is 10.6. The molecule has 1 aliphatic heterocycles. The smallest absolute Gasteiger partial charge is 0.128 e. The standard InChI is InChI=1S/C14H21FN2/c1-10-6-7-12(15)11(9-10)14-13(16)5-3-4-8-17(14)2/h6-7,9,13-14H,3-5,8,16H2,1-2H3. The zero-order valence-electron chi connectivity index (χ0n) is 10.6. The number of nitrogens with two attached hydrogens (primary N) is 1. The van der Waals surface area contributed by atoms with Gasteiger partial charge in [-0.05, 0) is 39.4 Å². The first-order valence-electron chi connectivity index (χ1n) is 6.31. The van der Waals surface area contributed by atoms with Crippen molar-refractivity contribution in [2.24, 2.45) is 5.73 Å².